The van der Waals surface area contributed by atoms with E-state index in [1.807, 2.05) is 30.3 Å². The standard InChI is InChI=1S/C13H18N2O3/c1-9(12(13(17)18)15-10(2)16)14-8-11-6-4-3-5-7-11/h3-7,9,12,14H,8H2,1-2H3,(H,15,16)(H,17,18). The number of hydrogen-bond acceptors (Lipinski definition) is 3. The van der Waals surface area contributed by atoms with E-state index >= 15 is 0 Å². The molecule has 98 valence electrons. The van der Waals surface area contributed by atoms with Gasteiger partial charge >= 0.3 is 5.97 Å². The van der Waals surface area contributed by atoms with Crippen LogP contribution in [0.25, 0.3) is 0 Å². The van der Waals surface area contributed by atoms with Crippen LogP contribution >= 0.6 is 0 Å². The molecule has 5 nitrogen and oxygen atoms in total. The fourth-order valence-corrected chi connectivity index (χ4v) is 1.61. The highest BCUT2D eigenvalue weighted by Gasteiger charge is 2.24. The monoisotopic (exact) mass is 250 g/mol. The number of carbonyl (C=O) groups excluding carboxylic acids is 1. The Kier molecular flexibility index (Phi) is 5.32. The van der Waals surface area contributed by atoms with Gasteiger partial charge in [-0.1, -0.05) is 30.3 Å². The maximum absolute atomic E-state index is 11.0. The number of rotatable bonds is 6. The highest BCUT2D eigenvalue weighted by atomic mass is 16.4. The molecule has 1 amide bonds. The summed E-state index contributed by atoms with van der Waals surface area (Å²) in [4.78, 5) is 22.0. The molecule has 0 spiro atoms. The number of benzene rings is 1. The van der Waals surface area contributed by atoms with Gasteiger partial charge in [0.15, 0.2) is 0 Å². The zero-order valence-corrected chi connectivity index (χ0v) is 10.5. The summed E-state index contributed by atoms with van der Waals surface area (Å²) < 4.78 is 0. The molecule has 1 aromatic carbocycles. The molecule has 0 saturated heterocycles. The van der Waals surface area contributed by atoms with Crippen molar-refractivity contribution in [2.24, 2.45) is 0 Å². The molecule has 1 rings (SSSR count). The lowest BCUT2D eigenvalue weighted by Crippen LogP contribution is -2.52. The molecule has 0 radical (unpaired) electrons. The first-order chi connectivity index (χ1) is 8.50. The summed E-state index contributed by atoms with van der Waals surface area (Å²) in [6.45, 7) is 3.60. The van der Waals surface area contributed by atoms with Crippen LogP contribution in [0.4, 0.5) is 0 Å². The first-order valence-electron chi connectivity index (χ1n) is 5.78. The number of carboxylic acids is 1. The average Bonchev–Trinajstić information content (AvgIpc) is 2.34. The molecule has 2 unspecified atom stereocenters. The third-order valence-electron chi connectivity index (χ3n) is 2.60. The predicted molar refractivity (Wildman–Crippen MR) is 68.0 cm³/mol. The van der Waals surface area contributed by atoms with Crippen LogP contribution in [0.1, 0.15) is 19.4 Å². The van der Waals surface area contributed by atoms with Gasteiger partial charge in [-0.05, 0) is 12.5 Å². The first-order valence-corrected chi connectivity index (χ1v) is 5.78. The van der Waals surface area contributed by atoms with Crippen molar-refractivity contribution < 1.29 is 14.7 Å². The molecule has 2 atom stereocenters. The van der Waals surface area contributed by atoms with E-state index in [0.29, 0.717) is 6.54 Å². The number of amides is 1. The van der Waals surface area contributed by atoms with Gasteiger partial charge in [-0.2, -0.15) is 0 Å². The van der Waals surface area contributed by atoms with Crippen LogP contribution < -0.4 is 10.6 Å². The Bertz CT molecular complexity index is 406. The molecular weight excluding hydrogens is 232 g/mol. The van der Waals surface area contributed by atoms with Crippen LogP contribution in [-0.2, 0) is 16.1 Å². The zero-order chi connectivity index (χ0) is 13.5. The van der Waals surface area contributed by atoms with Crippen LogP contribution in [0.2, 0.25) is 0 Å². The predicted octanol–water partition coefficient (Wildman–Crippen LogP) is 0.754. The third-order valence-corrected chi connectivity index (χ3v) is 2.60. The summed E-state index contributed by atoms with van der Waals surface area (Å²) in [6.07, 6.45) is 0. The van der Waals surface area contributed by atoms with Gasteiger partial charge in [-0.15, -0.1) is 0 Å². The number of carboxylic acid groups (broad SMARTS) is 1. The molecule has 0 aromatic heterocycles. The highest BCUT2D eigenvalue weighted by Crippen LogP contribution is 2.00. The second-order valence-corrected chi connectivity index (χ2v) is 4.17. The van der Waals surface area contributed by atoms with E-state index in [-0.39, 0.29) is 11.9 Å². The molecule has 0 aliphatic carbocycles. The smallest absolute Gasteiger partial charge is 0.327 e. The summed E-state index contributed by atoms with van der Waals surface area (Å²) in [5.74, 6) is -1.39. The Morgan fingerprint density at radius 1 is 1.28 bits per heavy atom. The Labute approximate surface area is 106 Å². The minimum absolute atomic E-state index is 0.351. The summed E-state index contributed by atoms with van der Waals surface area (Å²) in [5.41, 5.74) is 1.07. The Morgan fingerprint density at radius 2 is 1.89 bits per heavy atom. The molecule has 0 bridgehead atoms. The maximum atomic E-state index is 11.0. The third kappa shape index (κ3) is 4.55. The number of aliphatic carboxylic acids is 1. The largest absolute Gasteiger partial charge is 0.480 e. The second-order valence-electron chi connectivity index (χ2n) is 4.17. The van der Waals surface area contributed by atoms with Gasteiger partial charge < -0.3 is 15.7 Å². The van der Waals surface area contributed by atoms with Crippen molar-refractivity contribution in [1.29, 1.82) is 0 Å². The van der Waals surface area contributed by atoms with E-state index in [4.69, 9.17) is 5.11 Å². The maximum Gasteiger partial charge on any atom is 0.327 e. The van der Waals surface area contributed by atoms with Gasteiger partial charge in [0.25, 0.3) is 0 Å². The van der Waals surface area contributed by atoms with Crippen LogP contribution in [0.3, 0.4) is 0 Å². The van der Waals surface area contributed by atoms with Crippen molar-refractivity contribution in [2.75, 3.05) is 0 Å². The van der Waals surface area contributed by atoms with Crippen molar-refractivity contribution in [2.45, 2.75) is 32.5 Å². The summed E-state index contributed by atoms with van der Waals surface area (Å²) in [6, 6.07) is 8.39. The lowest BCUT2D eigenvalue weighted by Gasteiger charge is -2.22. The quantitative estimate of drug-likeness (QED) is 0.696. The van der Waals surface area contributed by atoms with Gasteiger partial charge in [0, 0.05) is 19.5 Å². The SMILES string of the molecule is CC(=O)NC(C(=O)O)C(C)NCc1ccccc1. The molecule has 5 heteroatoms. The minimum atomic E-state index is -1.04. The molecule has 1 aromatic rings. The summed E-state index contributed by atoms with van der Waals surface area (Å²) in [7, 11) is 0. The van der Waals surface area contributed by atoms with Crippen LogP contribution in [0.5, 0.6) is 0 Å². The zero-order valence-electron chi connectivity index (χ0n) is 10.5. The molecule has 0 saturated carbocycles. The molecule has 3 N–H and O–H groups in total. The van der Waals surface area contributed by atoms with E-state index in [1.54, 1.807) is 6.92 Å². The molecule has 0 fully saturated rings. The van der Waals surface area contributed by atoms with E-state index in [0.717, 1.165) is 5.56 Å². The topological polar surface area (TPSA) is 78.4 Å². The highest BCUT2D eigenvalue weighted by molar-refractivity contribution is 5.82. The van der Waals surface area contributed by atoms with Crippen molar-refractivity contribution in [3.05, 3.63) is 35.9 Å². The number of hydrogen-bond donors (Lipinski definition) is 3. The minimum Gasteiger partial charge on any atom is -0.480 e. The van der Waals surface area contributed by atoms with Gasteiger partial charge in [0.1, 0.15) is 6.04 Å². The lowest BCUT2D eigenvalue weighted by atomic mass is 10.1. The summed E-state index contributed by atoms with van der Waals surface area (Å²) >= 11 is 0. The van der Waals surface area contributed by atoms with Crippen LogP contribution in [0.15, 0.2) is 30.3 Å². The molecule has 18 heavy (non-hydrogen) atoms. The second kappa shape index (κ2) is 6.76. The Hall–Kier alpha value is -1.88. The fourth-order valence-electron chi connectivity index (χ4n) is 1.61. The molecule has 0 aliphatic rings. The Morgan fingerprint density at radius 3 is 2.39 bits per heavy atom. The van der Waals surface area contributed by atoms with E-state index in [1.165, 1.54) is 6.92 Å². The first kappa shape index (κ1) is 14.2. The van der Waals surface area contributed by atoms with Crippen molar-refractivity contribution in [3.8, 4) is 0 Å². The van der Waals surface area contributed by atoms with Gasteiger partial charge in [-0.25, -0.2) is 4.79 Å². The van der Waals surface area contributed by atoms with E-state index < -0.39 is 12.0 Å². The Balaban J connectivity index is 2.54. The fraction of sp³-hybridized carbons (Fsp3) is 0.385. The van der Waals surface area contributed by atoms with Gasteiger partial charge in [0.2, 0.25) is 5.91 Å². The van der Waals surface area contributed by atoms with Gasteiger partial charge in [-0.3, -0.25) is 4.79 Å². The van der Waals surface area contributed by atoms with Crippen molar-refractivity contribution >= 4 is 11.9 Å². The van der Waals surface area contributed by atoms with Gasteiger partial charge in [0.05, 0.1) is 0 Å². The van der Waals surface area contributed by atoms with E-state index in [2.05, 4.69) is 10.6 Å². The van der Waals surface area contributed by atoms with Crippen molar-refractivity contribution in [3.63, 3.8) is 0 Å². The molecular formula is C13H18N2O3. The normalized spacial score (nSPS) is 13.7. The van der Waals surface area contributed by atoms with Crippen LogP contribution in [0, 0.1) is 0 Å². The van der Waals surface area contributed by atoms with Crippen LogP contribution in [-0.4, -0.2) is 29.1 Å². The molecule has 0 aliphatic heterocycles. The van der Waals surface area contributed by atoms with Crippen molar-refractivity contribution in [1.82, 2.24) is 10.6 Å². The number of carbonyl (C=O) groups is 2. The van der Waals surface area contributed by atoms with E-state index in [9.17, 15) is 9.59 Å². The number of nitrogens with one attached hydrogen (secondary N) is 2. The summed E-state index contributed by atoms with van der Waals surface area (Å²) in [5, 5.41) is 14.5. The molecule has 0 heterocycles. The lowest BCUT2D eigenvalue weighted by molar-refractivity contribution is -0.142. The average molecular weight is 250 g/mol.